The van der Waals surface area contributed by atoms with Crippen molar-refractivity contribution in [2.24, 2.45) is 0 Å². The monoisotopic (exact) mass is 630 g/mol. The maximum Gasteiger partial charge on any atom is -0.00141 e. The molecular formula is C50H30. The minimum Gasteiger partial charge on any atom is -0.0622 e. The number of hydrogen-bond acceptors (Lipinski definition) is 0. The van der Waals surface area contributed by atoms with Gasteiger partial charge in [0.05, 0.1) is 0 Å². The molecule has 0 aromatic heterocycles. The highest BCUT2D eigenvalue weighted by Gasteiger charge is 2.19. The van der Waals surface area contributed by atoms with Gasteiger partial charge in [-0.2, -0.15) is 0 Å². The molecule has 0 radical (unpaired) electrons. The smallest absolute Gasteiger partial charge is 0.00141 e. The van der Waals surface area contributed by atoms with E-state index in [-0.39, 0.29) is 0 Å². The molecule has 50 heavy (non-hydrogen) atoms. The molecule has 0 nitrogen and oxygen atoms in total. The average molecular weight is 631 g/mol. The minimum absolute atomic E-state index is 1.24. The Morgan fingerprint density at radius 1 is 0.220 bits per heavy atom. The van der Waals surface area contributed by atoms with Crippen LogP contribution in [0.3, 0.4) is 0 Å². The van der Waals surface area contributed by atoms with Gasteiger partial charge in [-0.3, -0.25) is 0 Å². The molecule has 0 aliphatic rings. The van der Waals surface area contributed by atoms with Gasteiger partial charge in [0, 0.05) is 0 Å². The predicted octanol–water partition coefficient (Wildman–Crippen LogP) is 14.2. The van der Waals surface area contributed by atoms with Gasteiger partial charge < -0.3 is 0 Å². The van der Waals surface area contributed by atoms with Crippen molar-refractivity contribution in [2.45, 2.75) is 0 Å². The van der Waals surface area contributed by atoms with Crippen molar-refractivity contribution >= 4 is 75.4 Å². The van der Waals surface area contributed by atoms with Crippen LogP contribution < -0.4 is 0 Å². The molecular weight excluding hydrogens is 601 g/mol. The normalized spacial score (nSPS) is 12.0. The van der Waals surface area contributed by atoms with Gasteiger partial charge in [-0.15, -0.1) is 0 Å². The fourth-order valence-corrected chi connectivity index (χ4v) is 8.72. The highest BCUT2D eigenvalue weighted by molar-refractivity contribution is 6.28. The van der Waals surface area contributed by atoms with Crippen LogP contribution in [0.2, 0.25) is 0 Å². The zero-order chi connectivity index (χ0) is 32.8. The summed E-state index contributed by atoms with van der Waals surface area (Å²) >= 11 is 0. The highest BCUT2D eigenvalue weighted by atomic mass is 14.2. The molecule has 0 saturated heterocycles. The van der Waals surface area contributed by atoms with Crippen molar-refractivity contribution in [3.8, 4) is 33.4 Å². The molecule has 0 N–H and O–H groups in total. The quantitative estimate of drug-likeness (QED) is 0.135. The van der Waals surface area contributed by atoms with Gasteiger partial charge in [0.1, 0.15) is 0 Å². The van der Waals surface area contributed by atoms with Gasteiger partial charge in [0.2, 0.25) is 0 Å². The fraction of sp³-hybridized carbons (Fsp3) is 0. The van der Waals surface area contributed by atoms with Crippen molar-refractivity contribution in [2.75, 3.05) is 0 Å². The third-order valence-electron chi connectivity index (χ3n) is 10.9. The van der Waals surface area contributed by atoms with E-state index in [0.717, 1.165) is 0 Å². The third-order valence-corrected chi connectivity index (χ3v) is 10.9. The second kappa shape index (κ2) is 10.5. The van der Waals surface area contributed by atoms with Gasteiger partial charge >= 0.3 is 0 Å². The Hall–Kier alpha value is -6.50. The molecule has 0 unspecified atom stereocenters. The summed E-state index contributed by atoms with van der Waals surface area (Å²) in [6.07, 6.45) is 0. The molecule has 0 heterocycles. The lowest BCUT2D eigenvalue weighted by Crippen LogP contribution is -1.92. The Labute approximate surface area is 289 Å². The molecule has 0 fully saturated rings. The first-order valence-electron chi connectivity index (χ1n) is 17.4. The van der Waals surface area contributed by atoms with Crippen LogP contribution in [-0.4, -0.2) is 0 Å². The van der Waals surface area contributed by atoms with Crippen LogP contribution in [0.5, 0.6) is 0 Å². The SMILES string of the molecule is c1ccc(-c2c3ccccc3c(-c3ccc4ccc(-c5ccc6ccc7cccc8ccc5c6c78)cc4c3)c3ccc4ccccc4c23)cc1. The Kier molecular flexibility index (Phi) is 5.76. The summed E-state index contributed by atoms with van der Waals surface area (Å²) in [6.45, 7) is 0. The van der Waals surface area contributed by atoms with E-state index in [1.807, 2.05) is 0 Å². The molecule has 11 aromatic rings. The van der Waals surface area contributed by atoms with Crippen LogP contribution in [0, 0.1) is 0 Å². The summed E-state index contributed by atoms with van der Waals surface area (Å²) in [7, 11) is 0. The molecule has 0 aliphatic carbocycles. The Balaban J connectivity index is 1.18. The molecule has 11 rings (SSSR count). The predicted molar refractivity (Wildman–Crippen MR) is 216 cm³/mol. The van der Waals surface area contributed by atoms with E-state index >= 15 is 0 Å². The van der Waals surface area contributed by atoms with E-state index < -0.39 is 0 Å². The zero-order valence-electron chi connectivity index (χ0n) is 27.3. The Morgan fingerprint density at radius 3 is 1.60 bits per heavy atom. The molecule has 0 spiro atoms. The molecule has 0 saturated carbocycles. The lowest BCUT2D eigenvalue weighted by Gasteiger charge is -2.19. The van der Waals surface area contributed by atoms with Crippen LogP contribution in [0.4, 0.5) is 0 Å². The summed E-state index contributed by atoms with van der Waals surface area (Å²) in [5.74, 6) is 0. The van der Waals surface area contributed by atoms with Crippen molar-refractivity contribution in [3.63, 3.8) is 0 Å². The van der Waals surface area contributed by atoms with Crippen LogP contribution in [0.25, 0.3) is 109 Å². The first kappa shape index (κ1) is 27.5. The summed E-state index contributed by atoms with van der Waals surface area (Å²) < 4.78 is 0. The molecule has 0 aliphatic heterocycles. The first-order chi connectivity index (χ1) is 24.8. The second-order valence-electron chi connectivity index (χ2n) is 13.6. The topological polar surface area (TPSA) is 0 Å². The lowest BCUT2D eigenvalue weighted by atomic mass is 9.83. The van der Waals surface area contributed by atoms with Crippen molar-refractivity contribution < 1.29 is 0 Å². The van der Waals surface area contributed by atoms with E-state index in [2.05, 4.69) is 182 Å². The standard InChI is InChI=1S/C50H30/c1-2-10-33(11-3-1)49-43-16-7-6-15-42(43)47(45-28-23-32-9-4-5-14-41(32)50(45)49)38-22-18-31-17-21-37(29-39(31)30-38)40-26-24-36-20-19-34-12-8-13-35-25-27-44(40)48(36)46(34)35/h1-30H. The third kappa shape index (κ3) is 3.94. The van der Waals surface area contributed by atoms with E-state index in [0.29, 0.717) is 0 Å². The van der Waals surface area contributed by atoms with Gasteiger partial charge in [-0.1, -0.05) is 170 Å². The van der Waals surface area contributed by atoms with Gasteiger partial charge in [-0.05, 0) is 121 Å². The van der Waals surface area contributed by atoms with Crippen LogP contribution in [0.15, 0.2) is 182 Å². The molecule has 0 atom stereocenters. The second-order valence-corrected chi connectivity index (χ2v) is 13.6. The number of hydrogen-bond donors (Lipinski definition) is 0. The number of benzene rings is 11. The number of fused-ring (bicyclic) bond motifs is 5. The molecule has 230 valence electrons. The maximum absolute atomic E-state index is 2.41. The van der Waals surface area contributed by atoms with Crippen molar-refractivity contribution in [3.05, 3.63) is 182 Å². The Bertz CT molecular complexity index is 3110. The van der Waals surface area contributed by atoms with Gasteiger partial charge in [-0.25, -0.2) is 0 Å². The van der Waals surface area contributed by atoms with Gasteiger partial charge in [0.25, 0.3) is 0 Å². The Morgan fingerprint density at radius 2 is 0.780 bits per heavy atom. The molecule has 0 bridgehead atoms. The van der Waals surface area contributed by atoms with Gasteiger partial charge in [0.15, 0.2) is 0 Å². The largest absolute Gasteiger partial charge is 0.0622 e. The average Bonchev–Trinajstić information content (AvgIpc) is 3.18. The summed E-state index contributed by atoms with van der Waals surface area (Å²) in [5, 5.41) is 18.1. The summed E-state index contributed by atoms with van der Waals surface area (Å²) in [4.78, 5) is 0. The summed E-state index contributed by atoms with van der Waals surface area (Å²) in [6, 6.07) is 67.7. The molecule has 0 heteroatoms. The zero-order valence-corrected chi connectivity index (χ0v) is 27.3. The lowest BCUT2D eigenvalue weighted by molar-refractivity contribution is 1.66. The summed E-state index contributed by atoms with van der Waals surface area (Å²) in [5.41, 5.74) is 7.59. The van der Waals surface area contributed by atoms with E-state index in [4.69, 9.17) is 0 Å². The van der Waals surface area contributed by atoms with Crippen LogP contribution in [-0.2, 0) is 0 Å². The van der Waals surface area contributed by atoms with E-state index in [9.17, 15) is 0 Å². The van der Waals surface area contributed by atoms with E-state index in [1.165, 1.54) is 109 Å². The molecule has 11 aromatic carbocycles. The van der Waals surface area contributed by atoms with Crippen LogP contribution >= 0.6 is 0 Å². The van der Waals surface area contributed by atoms with Crippen molar-refractivity contribution in [1.82, 2.24) is 0 Å². The first-order valence-corrected chi connectivity index (χ1v) is 17.4. The van der Waals surface area contributed by atoms with Crippen LogP contribution in [0.1, 0.15) is 0 Å². The fourth-order valence-electron chi connectivity index (χ4n) is 8.72. The minimum atomic E-state index is 1.24. The van der Waals surface area contributed by atoms with E-state index in [1.54, 1.807) is 0 Å². The maximum atomic E-state index is 2.41. The van der Waals surface area contributed by atoms with Crippen molar-refractivity contribution in [1.29, 1.82) is 0 Å². The highest BCUT2D eigenvalue weighted by Crippen LogP contribution is 2.47. The number of rotatable bonds is 3. The molecule has 0 amide bonds.